The molecule has 0 aromatic heterocycles. The van der Waals surface area contributed by atoms with Gasteiger partial charge in [0, 0.05) is 0 Å². The summed E-state index contributed by atoms with van der Waals surface area (Å²) in [7, 11) is 1.46. The van der Waals surface area contributed by atoms with Crippen molar-refractivity contribution in [1.82, 2.24) is 4.90 Å². The van der Waals surface area contributed by atoms with Crippen LogP contribution in [0, 0.1) is 0 Å². The van der Waals surface area contributed by atoms with Crippen LogP contribution in [-0.2, 0) is 11.3 Å². The lowest BCUT2D eigenvalue weighted by Gasteiger charge is -2.15. The highest BCUT2D eigenvalue weighted by Crippen LogP contribution is 2.26. The van der Waals surface area contributed by atoms with E-state index in [0.29, 0.717) is 22.4 Å². The Balaban J connectivity index is 1.89. The second kappa shape index (κ2) is 6.76. The standard InChI is InChI=1S/C19H17NO5/c1-3-25-19(23)15-10-12(8-9-16(15)24-2)11-20-17(21)13-6-4-5-7-14(13)18(20)22/h4-10H,3,11H2,1-2H3. The van der Waals surface area contributed by atoms with E-state index in [-0.39, 0.29) is 30.5 Å². The van der Waals surface area contributed by atoms with E-state index in [0.717, 1.165) is 0 Å². The van der Waals surface area contributed by atoms with E-state index in [4.69, 9.17) is 9.47 Å². The van der Waals surface area contributed by atoms with Gasteiger partial charge < -0.3 is 9.47 Å². The Morgan fingerprint density at radius 2 is 1.68 bits per heavy atom. The third-order valence-electron chi connectivity index (χ3n) is 3.98. The topological polar surface area (TPSA) is 72.9 Å². The summed E-state index contributed by atoms with van der Waals surface area (Å²) in [6.07, 6.45) is 0. The number of hydrogen-bond acceptors (Lipinski definition) is 5. The molecule has 3 rings (SSSR count). The first kappa shape index (κ1) is 16.7. The largest absolute Gasteiger partial charge is 0.496 e. The van der Waals surface area contributed by atoms with Crippen LogP contribution < -0.4 is 4.74 Å². The Hall–Kier alpha value is -3.15. The number of fused-ring (bicyclic) bond motifs is 1. The molecule has 6 nitrogen and oxygen atoms in total. The molecule has 0 unspecified atom stereocenters. The minimum absolute atomic E-state index is 0.0722. The van der Waals surface area contributed by atoms with Crippen LogP contribution in [0.3, 0.4) is 0 Å². The van der Waals surface area contributed by atoms with Gasteiger partial charge in [0.05, 0.1) is 31.4 Å². The molecule has 25 heavy (non-hydrogen) atoms. The molecule has 0 radical (unpaired) electrons. The number of hydrogen-bond donors (Lipinski definition) is 0. The van der Waals surface area contributed by atoms with Gasteiger partial charge in [-0.15, -0.1) is 0 Å². The molecule has 2 aromatic carbocycles. The number of esters is 1. The molecule has 1 heterocycles. The highest BCUT2D eigenvalue weighted by molar-refractivity contribution is 6.21. The summed E-state index contributed by atoms with van der Waals surface area (Å²) in [5.74, 6) is -0.809. The lowest BCUT2D eigenvalue weighted by atomic mass is 10.1. The lowest BCUT2D eigenvalue weighted by Crippen LogP contribution is -2.29. The molecule has 0 N–H and O–H groups in total. The van der Waals surface area contributed by atoms with E-state index >= 15 is 0 Å². The zero-order chi connectivity index (χ0) is 18.0. The Labute approximate surface area is 145 Å². The van der Waals surface area contributed by atoms with Crippen LogP contribution >= 0.6 is 0 Å². The van der Waals surface area contributed by atoms with Gasteiger partial charge in [-0.3, -0.25) is 14.5 Å². The summed E-state index contributed by atoms with van der Waals surface area (Å²) in [4.78, 5) is 38.1. The Morgan fingerprint density at radius 3 is 2.24 bits per heavy atom. The molecule has 1 aliphatic rings. The molecule has 6 heteroatoms. The average molecular weight is 339 g/mol. The van der Waals surface area contributed by atoms with Crippen LogP contribution in [0.25, 0.3) is 0 Å². The summed E-state index contributed by atoms with van der Waals surface area (Å²) < 4.78 is 10.2. The van der Waals surface area contributed by atoms with Crippen LogP contribution in [0.4, 0.5) is 0 Å². The SMILES string of the molecule is CCOC(=O)c1cc(CN2C(=O)c3ccccc3C2=O)ccc1OC. The van der Waals surface area contributed by atoms with E-state index < -0.39 is 5.97 Å². The zero-order valence-electron chi connectivity index (χ0n) is 13.9. The van der Waals surface area contributed by atoms with E-state index in [1.54, 1.807) is 49.4 Å². The number of methoxy groups -OCH3 is 1. The second-order valence-electron chi connectivity index (χ2n) is 5.50. The fourth-order valence-electron chi connectivity index (χ4n) is 2.79. The molecule has 1 aliphatic heterocycles. The number of ether oxygens (including phenoxy) is 2. The summed E-state index contributed by atoms with van der Waals surface area (Å²) >= 11 is 0. The van der Waals surface area contributed by atoms with Gasteiger partial charge in [0.2, 0.25) is 0 Å². The highest BCUT2D eigenvalue weighted by Gasteiger charge is 2.35. The second-order valence-corrected chi connectivity index (χ2v) is 5.50. The summed E-state index contributed by atoms with van der Waals surface area (Å²) in [6.45, 7) is 2.03. The molecular formula is C19H17NO5. The van der Waals surface area contributed by atoms with Gasteiger partial charge in [-0.1, -0.05) is 18.2 Å². The van der Waals surface area contributed by atoms with Gasteiger partial charge in [0.1, 0.15) is 11.3 Å². The van der Waals surface area contributed by atoms with Crippen molar-refractivity contribution in [3.8, 4) is 5.75 Å². The fraction of sp³-hybridized carbons (Fsp3) is 0.211. The number of benzene rings is 2. The van der Waals surface area contributed by atoms with Crippen LogP contribution in [0.15, 0.2) is 42.5 Å². The van der Waals surface area contributed by atoms with Crippen molar-refractivity contribution in [3.05, 3.63) is 64.7 Å². The monoisotopic (exact) mass is 339 g/mol. The van der Waals surface area contributed by atoms with E-state index in [1.165, 1.54) is 12.0 Å². The summed E-state index contributed by atoms with van der Waals surface area (Å²) in [5, 5.41) is 0. The fourth-order valence-corrected chi connectivity index (χ4v) is 2.79. The van der Waals surface area contributed by atoms with Crippen LogP contribution in [0.2, 0.25) is 0 Å². The van der Waals surface area contributed by atoms with Gasteiger partial charge in [-0.2, -0.15) is 0 Å². The number of rotatable bonds is 5. The molecule has 2 aromatic rings. The minimum Gasteiger partial charge on any atom is -0.496 e. The van der Waals surface area contributed by atoms with Crippen LogP contribution in [-0.4, -0.2) is 36.4 Å². The van der Waals surface area contributed by atoms with Gasteiger partial charge in [-0.25, -0.2) is 4.79 Å². The maximum absolute atomic E-state index is 12.4. The Kier molecular flexibility index (Phi) is 4.52. The van der Waals surface area contributed by atoms with Crippen molar-refractivity contribution in [2.24, 2.45) is 0 Å². The first-order chi connectivity index (χ1) is 12.1. The number of imide groups is 1. The number of carbonyl (C=O) groups is 3. The van der Waals surface area contributed by atoms with Crippen molar-refractivity contribution in [2.75, 3.05) is 13.7 Å². The van der Waals surface area contributed by atoms with Crippen LogP contribution in [0.5, 0.6) is 5.75 Å². The third kappa shape index (κ3) is 2.98. The molecule has 0 bridgehead atoms. The molecule has 0 aliphatic carbocycles. The average Bonchev–Trinajstić information content (AvgIpc) is 2.87. The van der Waals surface area contributed by atoms with Crippen molar-refractivity contribution < 1.29 is 23.9 Å². The predicted octanol–water partition coefficient (Wildman–Crippen LogP) is 2.67. The third-order valence-corrected chi connectivity index (χ3v) is 3.98. The molecule has 2 amide bonds. The van der Waals surface area contributed by atoms with Crippen molar-refractivity contribution in [2.45, 2.75) is 13.5 Å². The van der Waals surface area contributed by atoms with E-state index in [1.807, 2.05) is 0 Å². The molecule has 0 saturated heterocycles. The van der Waals surface area contributed by atoms with Gasteiger partial charge in [0.15, 0.2) is 0 Å². The maximum Gasteiger partial charge on any atom is 0.341 e. The maximum atomic E-state index is 12.4. The summed E-state index contributed by atoms with van der Waals surface area (Å²) in [5.41, 5.74) is 1.69. The molecule has 0 saturated carbocycles. The molecular weight excluding hydrogens is 322 g/mol. The molecule has 128 valence electrons. The molecule has 0 atom stereocenters. The minimum atomic E-state index is -0.511. The van der Waals surface area contributed by atoms with Crippen LogP contribution in [0.1, 0.15) is 43.6 Å². The zero-order valence-corrected chi connectivity index (χ0v) is 13.9. The first-order valence-electron chi connectivity index (χ1n) is 7.86. The first-order valence-corrected chi connectivity index (χ1v) is 7.86. The highest BCUT2D eigenvalue weighted by atomic mass is 16.5. The summed E-state index contributed by atoms with van der Waals surface area (Å²) in [6, 6.07) is 11.6. The van der Waals surface area contributed by atoms with Gasteiger partial charge in [0.25, 0.3) is 11.8 Å². The number of carbonyl (C=O) groups excluding carboxylic acids is 3. The van der Waals surface area contributed by atoms with Gasteiger partial charge >= 0.3 is 5.97 Å². The number of nitrogens with zero attached hydrogens (tertiary/aromatic N) is 1. The smallest absolute Gasteiger partial charge is 0.341 e. The van der Waals surface area contributed by atoms with Gasteiger partial charge in [-0.05, 0) is 36.8 Å². The number of amides is 2. The Bertz CT molecular complexity index is 824. The predicted molar refractivity (Wildman–Crippen MR) is 89.6 cm³/mol. The normalized spacial score (nSPS) is 13.0. The Morgan fingerprint density at radius 1 is 1.04 bits per heavy atom. The van der Waals surface area contributed by atoms with Crippen molar-refractivity contribution >= 4 is 17.8 Å². The molecule has 0 spiro atoms. The quantitative estimate of drug-likeness (QED) is 0.618. The molecule has 0 fully saturated rings. The van der Waals surface area contributed by atoms with Crippen molar-refractivity contribution in [3.63, 3.8) is 0 Å². The van der Waals surface area contributed by atoms with E-state index in [9.17, 15) is 14.4 Å². The lowest BCUT2D eigenvalue weighted by molar-refractivity contribution is 0.0522. The van der Waals surface area contributed by atoms with E-state index in [2.05, 4.69) is 0 Å². The van der Waals surface area contributed by atoms with Crippen molar-refractivity contribution in [1.29, 1.82) is 0 Å².